The van der Waals surface area contributed by atoms with Crippen LogP contribution >= 0.6 is 11.6 Å². The largest absolute Gasteiger partial charge is 0.479 e. The third-order valence-electron chi connectivity index (χ3n) is 3.56. The van der Waals surface area contributed by atoms with Crippen molar-refractivity contribution in [1.82, 2.24) is 5.32 Å². The van der Waals surface area contributed by atoms with Gasteiger partial charge in [0.05, 0.1) is 11.6 Å². The number of nitrogens with one attached hydrogen (secondary N) is 1. The van der Waals surface area contributed by atoms with Crippen LogP contribution in [-0.2, 0) is 14.3 Å². The van der Waals surface area contributed by atoms with Gasteiger partial charge in [-0.15, -0.1) is 0 Å². The van der Waals surface area contributed by atoms with E-state index in [-0.39, 0.29) is 13.0 Å². The van der Waals surface area contributed by atoms with E-state index in [1.54, 1.807) is 31.2 Å². The van der Waals surface area contributed by atoms with E-state index >= 15 is 0 Å². The molecule has 0 saturated carbocycles. The van der Waals surface area contributed by atoms with Gasteiger partial charge >= 0.3 is 5.97 Å². The van der Waals surface area contributed by atoms with E-state index in [4.69, 9.17) is 21.1 Å². The van der Waals surface area contributed by atoms with Gasteiger partial charge in [0, 0.05) is 13.0 Å². The zero-order valence-electron chi connectivity index (χ0n) is 12.2. The Morgan fingerprint density at radius 1 is 1.50 bits per heavy atom. The molecule has 1 aromatic rings. The molecular formula is C15H18ClNO5. The molecule has 1 saturated heterocycles. The minimum Gasteiger partial charge on any atom is -0.479 e. The number of hydrogen-bond acceptors (Lipinski definition) is 4. The van der Waals surface area contributed by atoms with Crippen LogP contribution in [-0.4, -0.2) is 41.8 Å². The Kier molecular flexibility index (Phi) is 5.26. The molecule has 1 fully saturated rings. The number of carboxylic acid groups (broad SMARTS) is 1. The highest BCUT2D eigenvalue weighted by atomic mass is 35.5. The monoisotopic (exact) mass is 327 g/mol. The van der Waals surface area contributed by atoms with Crippen LogP contribution in [0, 0.1) is 0 Å². The standard InChI is InChI=1S/C15H18ClNO5/c1-2-11(22-12-6-4-3-5-10(12)16)13(18)17-15(14(19)20)7-8-21-9-15/h3-6,11H,2,7-9H2,1H3,(H,17,18)(H,19,20). The zero-order chi connectivity index (χ0) is 16.2. The first-order chi connectivity index (χ1) is 10.5. The van der Waals surface area contributed by atoms with Crippen LogP contribution in [0.5, 0.6) is 5.75 Å². The molecule has 2 atom stereocenters. The Balaban J connectivity index is 2.09. The Bertz CT molecular complexity index is 557. The van der Waals surface area contributed by atoms with Crippen molar-refractivity contribution >= 4 is 23.5 Å². The lowest BCUT2D eigenvalue weighted by Crippen LogP contribution is -2.58. The number of carbonyl (C=O) groups is 2. The highest BCUT2D eigenvalue weighted by Gasteiger charge is 2.45. The molecule has 1 aliphatic rings. The maximum absolute atomic E-state index is 12.4. The van der Waals surface area contributed by atoms with Gasteiger partial charge in [-0.1, -0.05) is 30.7 Å². The summed E-state index contributed by atoms with van der Waals surface area (Å²) in [4.78, 5) is 23.8. The number of halogens is 1. The fraction of sp³-hybridized carbons (Fsp3) is 0.467. The van der Waals surface area contributed by atoms with Gasteiger partial charge in [-0.3, -0.25) is 4.79 Å². The molecule has 0 aromatic heterocycles. The molecule has 7 heteroatoms. The first kappa shape index (κ1) is 16.6. The second kappa shape index (κ2) is 6.98. The van der Waals surface area contributed by atoms with Gasteiger partial charge in [0.15, 0.2) is 11.6 Å². The van der Waals surface area contributed by atoms with Crippen molar-refractivity contribution < 1.29 is 24.2 Å². The number of aliphatic carboxylic acids is 1. The van der Waals surface area contributed by atoms with E-state index in [2.05, 4.69) is 5.32 Å². The van der Waals surface area contributed by atoms with Crippen LogP contribution in [0.25, 0.3) is 0 Å². The molecule has 1 aliphatic heterocycles. The number of rotatable bonds is 6. The zero-order valence-corrected chi connectivity index (χ0v) is 12.9. The van der Waals surface area contributed by atoms with Crippen LogP contribution in [0.1, 0.15) is 19.8 Å². The number of ether oxygens (including phenoxy) is 2. The molecule has 2 rings (SSSR count). The van der Waals surface area contributed by atoms with Gasteiger partial charge in [-0.05, 0) is 18.6 Å². The predicted molar refractivity (Wildman–Crippen MR) is 80.1 cm³/mol. The van der Waals surface area contributed by atoms with Crippen LogP contribution in [0.2, 0.25) is 5.02 Å². The van der Waals surface area contributed by atoms with Crippen molar-refractivity contribution in [3.8, 4) is 5.75 Å². The van der Waals surface area contributed by atoms with Gasteiger partial charge < -0.3 is 19.9 Å². The maximum Gasteiger partial charge on any atom is 0.331 e. The summed E-state index contributed by atoms with van der Waals surface area (Å²) in [7, 11) is 0. The molecular weight excluding hydrogens is 310 g/mol. The summed E-state index contributed by atoms with van der Waals surface area (Å²) in [6.45, 7) is 2.03. The van der Waals surface area contributed by atoms with E-state index < -0.39 is 23.5 Å². The molecule has 1 amide bonds. The second-order valence-electron chi connectivity index (χ2n) is 5.12. The van der Waals surface area contributed by atoms with E-state index in [9.17, 15) is 14.7 Å². The van der Waals surface area contributed by atoms with Crippen molar-refractivity contribution in [3.63, 3.8) is 0 Å². The van der Waals surface area contributed by atoms with E-state index in [1.807, 2.05) is 0 Å². The van der Waals surface area contributed by atoms with Crippen LogP contribution < -0.4 is 10.1 Å². The fourth-order valence-electron chi connectivity index (χ4n) is 2.22. The summed E-state index contributed by atoms with van der Waals surface area (Å²) < 4.78 is 10.7. The Morgan fingerprint density at radius 3 is 2.77 bits per heavy atom. The van der Waals surface area contributed by atoms with Gasteiger partial charge in [0.1, 0.15) is 5.75 Å². The lowest BCUT2D eigenvalue weighted by atomic mass is 9.98. The quantitative estimate of drug-likeness (QED) is 0.833. The van der Waals surface area contributed by atoms with Gasteiger partial charge in [-0.25, -0.2) is 4.79 Å². The molecule has 0 bridgehead atoms. The number of hydrogen-bond donors (Lipinski definition) is 2. The number of benzene rings is 1. The minimum atomic E-state index is -1.38. The Morgan fingerprint density at radius 2 is 2.23 bits per heavy atom. The summed E-state index contributed by atoms with van der Waals surface area (Å²) in [5, 5.41) is 12.3. The summed E-state index contributed by atoms with van der Waals surface area (Å²) in [6, 6.07) is 6.82. The third-order valence-corrected chi connectivity index (χ3v) is 3.87. The highest BCUT2D eigenvalue weighted by molar-refractivity contribution is 6.32. The van der Waals surface area contributed by atoms with Crippen molar-refractivity contribution in [2.24, 2.45) is 0 Å². The van der Waals surface area contributed by atoms with Crippen LogP contribution in [0.15, 0.2) is 24.3 Å². The lowest BCUT2D eigenvalue weighted by Gasteiger charge is -2.26. The first-order valence-corrected chi connectivity index (χ1v) is 7.40. The van der Waals surface area contributed by atoms with Crippen molar-refractivity contribution in [2.45, 2.75) is 31.4 Å². The topological polar surface area (TPSA) is 84.9 Å². The second-order valence-corrected chi connectivity index (χ2v) is 5.53. The van der Waals surface area contributed by atoms with Crippen molar-refractivity contribution in [2.75, 3.05) is 13.2 Å². The molecule has 1 heterocycles. The average molecular weight is 328 g/mol. The molecule has 120 valence electrons. The van der Waals surface area contributed by atoms with Crippen LogP contribution in [0.4, 0.5) is 0 Å². The number of carbonyl (C=O) groups excluding carboxylic acids is 1. The highest BCUT2D eigenvalue weighted by Crippen LogP contribution is 2.25. The summed E-state index contributed by atoms with van der Waals surface area (Å²) in [5.41, 5.74) is -1.38. The molecule has 2 N–H and O–H groups in total. The summed E-state index contributed by atoms with van der Waals surface area (Å²) in [5.74, 6) is -1.21. The minimum absolute atomic E-state index is 0.0450. The molecule has 1 aromatic carbocycles. The molecule has 0 spiro atoms. The van der Waals surface area contributed by atoms with Crippen LogP contribution in [0.3, 0.4) is 0 Å². The fourth-order valence-corrected chi connectivity index (χ4v) is 2.40. The molecule has 2 unspecified atom stereocenters. The Hall–Kier alpha value is -1.79. The smallest absolute Gasteiger partial charge is 0.331 e. The van der Waals surface area contributed by atoms with Gasteiger partial charge in [0.2, 0.25) is 0 Å². The van der Waals surface area contributed by atoms with Gasteiger partial charge in [0.25, 0.3) is 5.91 Å². The number of amides is 1. The first-order valence-electron chi connectivity index (χ1n) is 7.03. The summed E-state index contributed by atoms with van der Waals surface area (Å²) in [6.07, 6.45) is -0.207. The molecule has 0 radical (unpaired) electrons. The molecule has 22 heavy (non-hydrogen) atoms. The molecule has 6 nitrogen and oxygen atoms in total. The normalized spacial score (nSPS) is 22.1. The third kappa shape index (κ3) is 3.51. The van der Waals surface area contributed by atoms with E-state index in [1.165, 1.54) is 0 Å². The van der Waals surface area contributed by atoms with Crippen molar-refractivity contribution in [1.29, 1.82) is 0 Å². The SMILES string of the molecule is CCC(Oc1ccccc1Cl)C(=O)NC1(C(=O)O)CCOC1. The average Bonchev–Trinajstić information content (AvgIpc) is 2.96. The molecule has 0 aliphatic carbocycles. The van der Waals surface area contributed by atoms with Gasteiger partial charge in [-0.2, -0.15) is 0 Å². The number of carboxylic acids is 1. The predicted octanol–water partition coefficient (Wildman–Crippen LogP) is 1.86. The number of para-hydroxylation sites is 1. The van der Waals surface area contributed by atoms with E-state index in [0.29, 0.717) is 23.8 Å². The lowest BCUT2D eigenvalue weighted by molar-refractivity contribution is -0.149. The summed E-state index contributed by atoms with van der Waals surface area (Å²) >= 11 is 6.01. The maximum atomic E-state index is 12.4. The van der Waals surface area contributed by atoms with Crippen molar-refractivity contribution in [3.05, 3.63) is 29.3 Å². The Labute approximate surface area is 133 Å². The van der Waals surface area contributed by atoms with E-state index in [0.717, 1.165) is 0 Å².